The van der Waals surface area contributed by atoms with E-state index in [9.17, 15) is 9.59 Å². The number of hydrogen-bond donors (Lipinski definition) is 2. The number of benzene rings is 1. The van der Waals surface area contributed by atoms with Crippen LogP contribution in [0.5, 0.6) is 0 Å². The molecule has 2 aromatic heterocycles. The summed E-state index contributed by atoms with van der Waals surface area (Å²) < 4.78 is 10.3. The van der Waals surface area contributed by atoms with Gasteiger partial charge in [-0.25, -0.2) is 9.78 Å². The standard InChI is InChI=1S/C20H19N3O4/c1-2-26-20(25)16-7-3-4-8-17(16)23-19(24)18-10-9-14(12-22-18)21-13-15-6-5-11-27-15/h3-12,21H,2,13H2,1H3,(H,23,24). The fourth-order valence-electron chi connectivity index (χ4n) is 2.40. The first-order valence-electron chi connectivity index (χ1n) is 8.47. The fraction of sp³-hybridized carbons (Fsp3) is 0.150. The highest BCUT2D eigenvalue weighted by atomic mass is 16.5. The fourth-order valence-corrected chi connectivity index (χ4v) is 2.40. The maximum atomic E-state index is 12.4. The van der Waals surface area contributed by atoms with Crippen LogP contribution in [0.1, 0.15) is 33.5 Å². The smallest absolute Gasteiger partial charge is 0.340 e. The van der Waals surface area contributed by atoms with Crippen LogP contribution in [0.2, 0.25) is 0 Å². The van der Waals surface area contributed by atoms with Crippen LogP contribution in [0.15, 0.2) is 65.4 Å². The molecule has 0 spiro atoms. The molecule has 1 aromatic carbocycles. The molecule has 0 aliphatic rings. The Kier molecular flexibility index (Phi) is 5.84. The lowest BCUT2D eigenvalue weighted by Gasteiger charge is -2.10. The van der Waals surface area contributed by atoms with Crippen LogP contribution in [-0.4, -0.2) is 23.5 Å². The molecule has 3 rings (SSSR count). The monoisotopic (exact) mass is 365 g/mol. The minimum atomic E-state index is -0.487. The molecule has 7 nitrogen and oxygen atoms in total. The van der Waals surface area contributed by atoms with E-state index in [1.807, 2.05) is 12.1 Å². The summed E-state index contributed by atoms with van der Waals surface area (Å²) in [6.45, 7) is 2.51. The molecule has 0 saturated heterocycles. The van der Waals surface area contributed by atoms with E-state index in [4.69, 9.17) is 9.15 Å². The second-order valence-corrected chi connectivity index (χ2v) is 5.59. The third kappa shape index (κ3) is 4.72. The molecule has 1 amide bonds. The van der Waals surface area contributed by atoms with Gasteiger partial charge in [0.2, 0.25) is 0 Å². The highest BCUT2D eigenvalue weighted by Gasteiger charge is 2.15. The Labute approximate surface area is 156 Å². The molecule has 0 fully saturated rings. The van der Waals surface area contributed by atoms with Gasteiger partial charge in [0.1, 0.15) is 11.5 Å². The Morgan fingerprint density at radius 1 is 1.11 bits per heavy atom. The number of carbonyl (C=O) groups is 2. The van der Waals surface area contributed by atoms with Crippen molar-refractivity contribution in [2.45, 2.75) is 13.5 Å². The summed E-state index contributed by atoms with van der Waals surface area (Å²) in [5.74, 6) is -0.101. The van der Waals surface area contributed by atoms with E-state index < -0.39 is 11.9 Å². The van der Waals surface area contributed by atoms with Crippen molar-refractivity contribution in [2.75, 3.05) is 17.2 Å². The van der Waals surface area contributed by atoms with Crippen LogP contribution in [0.3, 0.4) is 0 Å². The summed E-state index contributed by atoms with van der Waals surface area (Å²) >= 11 is 0. The summed E-state index contributed by atoms with van der Waals surface area (Å²) in [5, 5.41) is 5.85. The molecule has 138 valence electrons. The van der Waals surface area contributed by atoms with Crippen molar-refractivity contribution >= 4 is 23.3 Å². The van der Waals surface area contributed by atoms with Crippen LogP contribution in [0, 0.1) is 0 Å². The molecule has 2 heterocycles. The van der Waals surface area contributed by atoms with Crippen molar-refractivity contribution in [3.63, 3.8) is 0 Å². The summed E-state index contributed by atoms with van der Waals surface area (Å²) in [5.41, 5.74) is 1.67. The molecule has 2 N–H and O–H groups in total. The molecule has 0 aliphatic carbocycles. The predicted octanol–water partition coefficient (Wildman–Crippen LogP) is 3.72. The third-order valence-electron chi connectivity index (χ3n) is 3.71. The van der Waals surface area contributed by atoms with Crippen molar-refractivity contribution < 1.29 is 18.7 Å². The average molecular weight is 365 g/mol. The highest BCUT2D eigenvalue weighted by molar-refractivity contribution is 6.07. The van der Waals surface area contributed by atoms with Crippen molar-refractivity contribution in [3.8, 4) is 0 Å². The van der Waals surface area contributed by atoms with Crippen LogP contribution in [-0.2, 0) is 11.3 Å². The van der Waals surface area contributed by atoms with E-state index in [0.29, 0.717) is 17.8 Å². The zero-order valence-corrected chi connectivity index (χ0v) is 14.8. The number of ether oxygens (including phenoxy) is 1. The minimum Gasteiger partial charge on any atom is -0.467 e. The number of para-hydroxylation sites is 1. The minimum absolute atomic E-state index is 0.234. The van der Waals surface area contributed by atoms with Crippen molar-refractivity contribution in [2.24, 2.45) is 0 Å². The maximum Gasteiger partial charge on any atom is 0.340 e. The number of nitrogens with zero attached hydrogens (tertiary/aromatic N) is 1. The van der Waals surface area contributed by atoms with E-state index in [-0.39, 0.29) is 12.3 Å². The number of furan rings is 1. The Morgan fingerprint density at radius 2 is 1.96 bits per heavy atom. The molecular weight excluding hydrogens is 346 g/mol. The zero-order chi connectivity index (χ0) is 19.1. The maximum absolute atomic E-state index is 12.4. The first-order valence-corrected chi connectivity index (χ1v) is 8.47. The van der Waals surface area contributed by atoms with Gasteiger partial charge in [0, 0.05) is 0 Å². The van der Waals surface area contributed by atoms with Gasteiger partial charge in [0.25, 0.3) is 5.91 Å². The van der Waals surface area contributed by atoms with Crippen molar-refractivity contribution in [1.29, 1.82) is 0 Å². The number of amides is 1. The third-order valence-corrected chi connectivity index (χ3v) is 3.71. The number of nitrogens with one attached hydrogen (secondary N) is 2. The van der Waals surface area contributed by atoms with Gasteiger partial charge in [-0.15, -0.1) is 0 Å². The van der Waals surface area contributed by atoms with E-state index in [2.05, 4.69) is 15.6 Å². The first-order chi connectivity index (χ1) is 13.2. The van der Waals surface area contributed by atoms with Gasteiger partial charge in [-0.3, -0.25) is 4.79 Å². The zero-order valence-electron chi connectivity index (χ0n) is 14.8. The second kappa shape index (κ2) is 8.66. The number of anilines is 2. The topological polar surface area (TPSA) is 93.5 Å². The summed E-state index contributed by atoms with van der Waals surface area (Å²) in [4.78, 5) is 28.6. The molecular formula is C20H19N3O4. The number of rotatable bonds is 7. The van der Waals surface area contributed by atoms with Gasteiger partial charge in [-0.1, -0.05) is 12.1 Å². The molecule has 7 heteroatoms. The summed E-state index contributed by atoms with van der Waals surface area (Å²) in [6.07, 6.45) is 3.17. The lowest BCUT2D eigenvalue weighted by molar-refractivity contribution is 0.0527. The van der Waals surface area contributed by atoms with Crippen LogP contribution < -0.4 is 10.6 Å². The largest absolute Gasteiger partial charge is 0.467 e. The Bertz CT molecular complexity index is 905. The Hall–Kier alpha value is -3.61. The first kappa shape index (κ1) is 18.2. The molecule has 0 aliphatic heterocycles. The van der Waals surface area contributed by atoms with E-state index >= 15 is 0 Å². The molecule has 0 unspecified atom stereocenters. The van der Waals surface area contributed by atoms with Crippen LogP contribution in [0.4, 0.5) is 11.4 Å². The van der Waals surface area contributed by atoms with Gasteiger partial charge >= 0.3 is 5.97 Å². The molecule has 3 aromatic rings. The van der Waals surface area contributed by atoms with Crippen molar-refractivity contribution in [1.82, 2.24) is 4.98 Å². The summed E-state index contributed by atoms with van der Waals surface area (Å²) in [7, 11) is 0. The number of aromatic nitrogens is 1. The Balaban J connectivity index is 1.65. The second-order valence-electron chi connectivity index (χ2n) is 5.59. The van der Waals surface area contributed by atoms with Crippen molar-refractivity contribution in [3.05, 3.63) is 78.0 Å². The molecule has 27 heavy (non-hydrogen) atoms. The lowest BCUT2D eigenvalue weighted by Crippen LogP contribution is -2.17. The SMILES string of the molecule is CCOC(=O)c1ccccc1NC(=O)c1ccc(NCc2ccco2)cn1. The van der Waals surface area contributed by atoms with Gasteiger partial charge in [0.05, 0.1) is 42.5 Å². The van der Waals surface area contributed by atoms with E-state index in [1.54, 1.807) is 55.8 Å². The van der Waals surface area contributed by atoms with Gasteiger partial charge in [-0.2, -0.15) is 0 Å². The lowest BCUT2D eigenvalue weighted by atomic mass is 10.1. The molecule has 0 atom stereocenters. The molecule has 0 bridgehead atoms. The van der Waals surface area contributed by atoms with Crippen LogP contribution in [0.25, 0.3) is 0 Å². The number of pyridine rings is 1. The summed E-state index contributed by atoms with van der Waals surface area (Å²) in [6, 6.07) is 13.7. The average Bonchev–Trinajstić information content (AvgIpc) is 3.21. The van der Waals surface area contributed by atoms with Gasteiger partial charge in [0.15, 0.2) is 0 Å². The normalized spacial score (nSPS) is 10.3. The number of esters is 1. The number of carbonyl (C=O) groups excluding carboxylic acids is 2. The molecule has 0 saturated carbocycles. The molecule has 0 radical (unpaired) electrons. The van der Waals surface area contributed by atoms with E-state index in [1.165, 1.54) is 0 Å². The van der Waals surface area contributed by atoms with Gasteiger partial charge < -0.3 is 19.8 Å². The van der Waals surface area contributed by atoms with Crippen LogP contribution >= 0.6 is 0 Å². The van der Waals surface area contributed by atoms with E-state index in [0.717, 1.165) is 11.4 Å². The predicted molar refractivity (Wildman–Crippen MR) is 101 cm³/mol. The highest BCUT2D eigenvalue weighted by Crippen LogP contribution is 2.17. The Morgan fingerprint density at radius 3 is 2.67 bits per heavy atom. The quantitative estimate of drug-likeness (QED) is 0.620. The number of hydrogen-bond acceptors (Lipinski definition) is 6. The van der Waals surface area contributed by atoms with Gasteiger partial charge in [-0.05, 0) is 43.3 Å².